The summed E-state index contributed by atoms with van der Waals surface area (Å²) in [5, 5.41) is 6.00. The van der Waals surface area contributed by atoms with Crippen LogP contribution in [0.4, 0.5) is 0 Å². The van der Waals surface area contributed by atoms with Gasteiger partial charge < -0.3 is 5.73 Å². The van der Waals surface area contributed by atoms with Gasteiger partial charge in [-0.25, -0.2) is 0 Å². The van der Waals surface area contributed by atoms with E-state index in [9.17, 15) is 0 Å². The maximum absolute atomic E-state index is 6.08. The molecule has 0 aliphatic heterocycles. The first-order valence-electron chi connectivity index (χ1n) is 4.94. The Bertz CT molecular complexity index is 488. The van der Waals surface area contributed by atoms with Crippen LogP contribution in [0, 0.1) is 0 Å². The molecule has 0 radical (unpaired) electrons. The van der Waals surface area contributed by atoms with Gasteiger partial charge in [-0.3, -0.25) is 4.68 Å². The van der Waals surface area contributed by atoms with Crippen LogP contribution >= 0.6 is 11.6 Å². The lowest BCUT2D eigenvalue weighted by Crippen LogP contribution is -2.17. The number of aryl methyl sites for hydroxylation is 1. The lowest BCUT2D eigenvalue weighted by atomic mass is 10.1. The van der Waals surface area contributed by atoms with Gasteiger partial charge in [0.25, 0.3) is 0 Å². The van der Waals surface area contributed by atoms with Crippen molar-refractivity contribution in [2.45, 2.75) is 19.4 Å². The van der Waals surface area contributed by atoms with E-state index < -0.39 is 0 Å². The Balaban J connectivity index is 2.47. The molecule has 0 fully saturated rings. The van der Waals surface area contributed by atoms with Gasteiger partial charge in [-0.05, 0) is 31.0 Å². The first kappa shape index (κ1) is 10.5. The van der Waals surface area contributed by atoms with Crippen molar-refractivity contribution in [2.24, 2.45) is 12.8 Å². The highest BCUT2D eigenvalue weighted by atomic mass is 35.5. The fourth-order valence-electron chi connectivity index (χ4n) is 1.71. The quantitative estimate of drug-likeness (QED) is 0.848. The van der Waals surface area contributed by atoms with Crippen molar-refractivity contribution in [3.63, 3.8) is 0 Å². The van der Waals surface area contributed by atoms with E-state index in [1.807, 2.05) is 26.1 Å². The third-order valence-corrected chi connectivity index (χ3v) is 2.83. The molecule has 0 amide bonds. The van der Waals surface area contributed by atoms with Crippen molar-refractivity contribution in [1.82, 2.24) is 9.78 Å². The lowest BCUT2D eigenvalue weighted by molar-refractivity contribution is 0.738. The first-order chi connectivity index (χ1) is 7.08. The zero-order chi connectivity index (χ0) is 11.0. The fourth-order valence-corrected chi connectivity index (χ4v) is 1.91. The zero-order valence-electron chi connectivity index (χ0n) is 8.87. The summed E-state index contributed by atoms with van der Waals surface area (Å²) in [6.45, 7) is 2.00. The summed E-state index contributed by atoms with van der Waals surface area (Å²) >= 11 is 6.08. The monoisotopic (exact) mass is 223 g/mol. The van der Waals surface area contributed by atoms with Gasteiger partial charge in [0.05, 0.1) is 5.52 Å². The first-order valence-corrected chi connectivity index (χ1v) is 5.32. The van der Waals surface area contributed by atoms with Crippen LogP contribution in [0.25, 0.3) is 10.9 Å². The Morgan fingerprint density at radius 1 is 1.53 bits per heavy atom. The average molecular weight is 224 g/mol. The topological polar surface area (TPSA) is 43.8 Å². The second-order valence-electron chi connectivity index (χ2n) is 3.95. The zero-order valence-corrected chi connectivity index (χ0v) is 9.62. The second-order valence-corrected chi connectivity index (χ2v) is 4.31. The molecule has 2 N–H and O–H groups in total. The van der Waals surface area contributed by atoms with Gasteiger partial charge in [0, 0.05) is 18.5 Å². The van der Waals surface area contributed by atoms with Crippen LogP contribution in [0.3, 0.4) is 0 Å². The maximum Gasteiger partial charge on any atom is 0.134 e. The minimum absolute atomic E-state index is 0.168. The predicted octanol–water partition coefficient (Wildman–Crippen LogP) is 2.12. The molecule has 4 heteroatoms. The van der Waals surface area contributed by atoms with Crippen LogP contribution in [0.1, 0.15) is 12.5 Å². The lowest BCUT2D eigenvalue weighted by Gasteiger charge is -2.04. The molecule has 1 aromatic carbocycles. The van der Waals surface area contributed by atoms with Gasteiger partial charge in [-0.15, -0.1) is 0 Å². The van der Waals surface area contributed by atoms with E-state index in [-0.39, 0.29) is 6.04 Å². The Labute approximate surface area is 93.8 Å². The van der Waals surface area contributed by atoms with Gasteiger partial charge in [-0.1, -0.05) is 17.7 Å². The number of hydrogen-bond acceptors (Lipinski definition) is 2. The highest BCUT2D eigenvalue weighted by molar-refractivity contribution is 6.34. The van der Waals surface area contributed by atoms with E-state index in [4.69, 9.17) is 17.3 Å². The second kappa shape index (κ2) is 3.83. The summed E-state index contributed by atoms with van der Waals surface area (Å²) < 4.78 is 1.68. The fraction of sp³-hybridized carbons (Fsp3) is 0.364. The van der Waals surface area contributed by atoms with Gasteiger partial charge >= 0.3 is 0 Å². The van der Waals surface area contributed by atoms with E-state index in [0.717, 1.165) is 17.3 Å². The maximum atomic E-state index is 6.08. The summed E-state index contributed by atoms with van der Waals surface area (Å²) in [4.78, 5) is 0. The Morgan fingerprint density at radius 2 is 2.27 bits per heavy atom. The van der Waals surface area contributed by atoms with Crippen molar-refractivity contribution in [2.75, 3.05) is 0 Å². The minimum atomic E-state index is 0.168. The van der Waals surface area contributed by atoms with Gasteiger partial charge in [0.15, 0.2) is 0 Å². The van der Waals surface area contributed by atoms with E-state index in [1.54, 1.807) is 4.68 Å². The minimum Gasteiger partial charge on any atom is -0.328 e. The summed E-state index contributed by atoms with van der Waals surface area (Å²) in [6.07, 6.45) is 0.865. The molecule has 0 saturated carbocycles. The Morgan fingerprint density at radius 3 is 2.93 bits per heavy atom. The predicted molar refractivity (Wildman–Crippen MR) is 63.1 cm³/mol. The highest BCUT2D eigenvalue weighted by Crippen LogP contribution is 2.23. The SMILES string of the molecule is CC(N)Cc1ccc2c(Cl)n(C)nc2c1. The Hall–Kier alpha value is -1.06. The number of aromatic nitrogens is 2. The average Bonchev–Trinajstić information content (AvgIpc) is 2.41. The number of rotatable bonds is 2. The molecule has 0 spiro atoms. The van der Waals surface area contributed by atoms with Crippen LogP contribution in [-0.4, -0.2) is 15.8 Å². The molecule has 3 nitrogen and oxygen atoms in total. The molecule has 1 aromatic heterocycles. The number of halogens is 1. The van der Waals surface area contributed by atoms with Crippen molar-refractivity contribution < 1.29 is 0 Å². The van der Waals surface area contributed by atoms with Crippen LogP contribution in [0.5, 0.6) is 0 Å². The van der Waals surface area contributed by atoms with Crippen LogP contribution in [0.2, 0.25) is 5.15 Å². The summed E-state index contributed by atoms with van der Waals surface area (Å²) in [5.74, 6) is 0. The number of benzene rings is 1. The van der Waals surface area contributed by atoms with E-state index in [0.29, 0.717) is 5.15 Å². The van der Waals surface area contributed by atoms with Crippen molar-refractivity contribution >= 4 is 22.5 Å². The molecular formula is C11H14ClN3. The number of hydrogen-bond donors (Lipinski definition) is 1. The third kappa shape index (κ3) is 1.98. The number of fused-ring (bicyclic) bond motifs is 1. The van der Waals surface area contributed by atoms with E-state index in [1.165, 1.54) is 5.56 Å². The van der Waals surface area contributed by atoms with Crippen LogP contribution in [-0.2, 0) is 13.5 Å². The van der Waals surface area contributed by atoms with E-state index >= 15 is 0 Å². The normalized spacial score (nSPS) is 13.3. The van der Waals surface area contributed by atoms with Crippen LogP contribution < -0.4 is 5.73 Å². The molecule has 1 atom stereocenters. The molecule has 1 heterocycles. The molecule has 15 heavy (non-hydrogen) atoms. The molecule has 0 bridgehead atoms. The molecule has 0 aliphatic carbocycles. The summed E-state index contributed by atoms with van der Waals surface area (Å²) in [5.41, 5.74) is 7.88. The van der Waals surface area contributed by atoms with Crippen molar-refractivity contribution in [3.05, 3.63) is 28.9 Å². The van der Waals surface area contributed by atoms with Crippen molar-refractivity contribution in [1.29, 1.82) is 0 Å². The van der Waals surface area contributed by atoms with Gasteiger partial charge in [0.2, 0.25) is 0 Å². The molecular weight excluding hydrogens is 210 g/mol. The summed E-state index contributed by atoms with van der Waals surface area (Å²) in [6, 6.07) is 6.27. The molecule has 80 valence electrons. The third-order valence-electron chi connectivity index (χ3n) is 2.38. The number of nitrogens with two attached hydrogens (primary N) is 1. The largest absolute Gasteiger partial charge is 0.328 e. The smallest absolute Gasteiger partial charge is 0.134 e. The molecule has 2 aromatic rings. The molecule has 2 rings (SSSR count). The number of nitrogens with zero attached hydrogens (tertiary/aromatic N) is 2. The van der Waals surface area contributed by atoms with Gasteiger partial charge in [0.1, 0.15) is 5.15 Å². The van der Waals surface area contributed by atoms with Gasteiger partial charge in [-0.2, -0.15) is 5.10 Å². The molecule has 1 unspecified atom stereocenters. The summed E-state index contributed by atoms with van der Waals surface area (Å²) in [7, 11) is 1.84. The molecule has 0 saturated heterocycles. The molecule has 0 aliphatic rings. The standard InChI is InChI=1S/C11H14ClN3/c1-7(13)5-8-3-4-9-10(6-8)14-15(2)11(9)12/h3-4,6-7H,5,13H2,1-2H3. The highest BCUT2D eigenvalue weighted by Gasteiger charge is 2.07. The van der Waals surface area contributed by atoms with Crippen LogP contribution in [0.15, 0.2) is 18.2 Å². The Kier molecular flexibility index (Phi) is 2.67. The van der Waals surface area contributed by atoms with E-state index in [2.05, 4.69) is 11.2 Å². The van der Waals surface area contributed by atoms with Crippen molar-refractivity contribution in [3.8, 4) is 0 Å².